The summed E-state index contributed by atoms with van der Waals surface area (Å²) in [7, 11) is 4.67. The van der Waals surface area contributed by atoms with Crippen molar-refractivity contribution in [2.45, 2.75) is 39.0 Å². The van der Waals surface area contributed by atoms with E-state index in [9.17, 15) is 4.79 Å². The monoisotopic (exact) mass is 201 g/mol. The van der Waals surface area contributed by atoms with Crippen LogP contribution in [0.5, 0.6) is 0 Å². The van der Waals surface area contributed by atoms with Crippen molar-refractivity contribution in [1.29, 1.82) is 0 Å². The van der Waals surface area contributed by atoms with E-state index < -0.39 is 13.6 Å². The zero-order chi connectivity index (χ0) is 9.23. The molecule has 0 saturated carbocycles. The van der Waals surface area contributed by atoms with Gasteiger partial charge in [0, 0.05) is 0 Å². The molecule has 2 nitrogen and oxygen atoms in total. The molecule has 0 rings (SSSR count). The van der Waals surface area contributed by atoms with E-state index in [0.29, 0.717) is 0 Å². The van der Waals surface area contributed by atoms with Gasteiger partial charge in [-0.3, -0.25) is 0 Å². The summed E-state index contributed by atoms with van der Waals surface area (Å²) in [6, 6.07) is 0. The summed E-state index contributed by atoms with van der Waals surface area (Å²) < 4.78 is 0.0699. The van der Waals surface area contributed by atoms with Gasteiger partial charge in [0.2, 0.25) is 0 Å². The first-order valence-corrected chi connectivity index (χ1v) is 7.00. The van der Waals surface area contributed by atoms with Crippen molar-refractivity contribution in [3.05, 3.63) is 0 Å². The number of rotatable bonds is 7. The van der Waals surface area contributed by atoms with Gasteiger partial charge in [-0.25, -0.2) is 0 Å². The molecule has 0 aliphatic carbocycles. The Morgan fingerprint density at radius 2 is 2.00 bits per heavy atom. The van der Waals surface area contributed by atoms with Gasteiger partial charge in [0.25, 0.3) is 0 Å². The molecular weight excluding hydrogens is 185 g/mol. The molecule has 0 heterocycles. The van der Waals surface area contributed by atoms with E-state index in [1.54, 1.807) is 0 Å². The van der Waals surface area contributed by atoms with Crippen LogP contribution in [0, 0.1) is 0 Å². The number of amides is 1. The number of carbonyl (C=O) groups excluding carboxylic acids is 1. The molecule has 0 radical (unpaired) electrons. The molecule has 0 saturated heterocycles. The summed E-state index contributed by atoms with van der Waals surface area (Å²) in [5.74, 6) is 0. The molecule has 0 aliphatic rings. The van der Waals surface area contributed by atoms with Gasteiger partial charge in [-0.2, -0.15) is 0 Å². The van der Waals surface area contributed by atoms with Crippen LogP contribution in [0.25, 0.3) is 0 Å². The summed E-state index contributed by atoms with van der Waals surface area (Å²) in [4.78, 5) is 10.7. The normalized spacial score (nSPS) is 9.08. The van der Waals surface area contributed by atoms with Gasteiger partial charge in [-0.05, 0) is 0 Å². The maximum absolute atomic E-state index is 10.7. The van der Waals surface area contributed by atoms with Crippen molar-refractivity contribution in [3.63, 3.8) is 0 Å². The summed E-state index contributed by atoms with van der Waals surface area (Å²) in [5.41, 5.74) is 0. The van der Waals surface area contributed by atoms with Crippen LogP contribution in [-0.4, -0.2) is 24.9 Å². The molecule has 12 heavy (non-hydrogen) atoms. The Hall–Kier alpha value is 0.222. The maximum atomic E-state index is 10.7. The average molecular weight is 201 g/mol. The summed E-state index contributed by atoms with van der Waals surface area (Å²) in [5, 5.41) is 2.80. The topological polar surface area (TPSA) is 29.1 Å². The molecule has 0 aliphatic heterocycles. The zero-order valence-electron chi connectivity index (χ0n) is 7.64. The molecule has 0 aromatic carbocycles. The van der Waals surface area contributed by atoms with Crippen LogP contribution in [0.15, 0.2) is 0 Å². The second-order valence-corrected chi connectivity index (χ2v) is 4.29. The second kappa shape index (κ2) is 9.31. The summed E-state index contributed by atoms with van der Waals surface area (Å²) in [6.07, 6.45) is 6.18. The second-order valence-electron chi connectivity index (χ2n) is 2.82. The van der Waals surface area contributed by atoms with Crippen molar-refractivity contribution in [3.8, 4) is 0 Å². The van der Waals surface area contributed by atoms with Crippen LogP contribution >= 0.6 is 10.5 Å². The zero-order valence-corrected chi connectivity index (χ0v) is 9.61. The molecule has 0 atom stereocenters. The third-order valence-corrected chi connectivity index (χ3v) is 2.75. The third kappa shape index (κ3) is 8.32. The van der Waals surface area contributed by atoms with E-state index in [1.165, 1.54) is 25.7 Å². The van der Waals surface area contributed by atoms with Crippen LogP contribution in [0.3, 0.4) is 0 Å². The van der Waals surface area contributed by atoms with Gasteiger partial charge >= 0.3 is 84.5 Å². The van der Waals surface area contributed by atoms with Gasteiger partial charge in [-0.1, -0.05) is 0 Å². The Morgan fingerprint density at radius 1 is 1.33 bits per heavy atom. The fourth-order valence-corrected chi connectivity index (χ4v) is 1.46. The molecule has 0 fully saturated rings. The van der Waals surface area contributed by atoms with Gasteiger partial charge < -0.3 is 0 Å². The molecule has 1 N–H and O–H groups in total. The standard InChI is InChI=1S/C8H16NO.Al.S/c1-2-3-4-5-6-7-9-8-10;;/h2-7H2,1H3,(H,9,10);;. The van der Waals surface area contributed by atoms with Gasteiger partial charge in [0.1, 0.15) is 0 Å². The predicted molar refractivity (Wildman–Crippen MR) is 55.5 cm³/mol. The number of unbranched alkanes of at least 4 members (excludes halogenated alkanes) is 4. The number of nitrogens with one attached hydrogen (secondary N) is 1. The van der Waals surface area contributed by atoms with E-state index in [2.05, 4.69) is 22.7 Å². The Labute approximate surface area is 84.6 Å². The van der Waals surface area contributed by atoms with E-state index in [0.717, 1.165) is 13.0 Å². The van der Waals surface area contributed by atoms with E-state index >= 15 is 0 Å². The molecule has 0 unspecified atom stereocenters. The van der Waals surface area contributed by atoms with E-state index in [4.69, 9.17) is 0 Å². The number of carbonyl (C=O) groups is 1. The van der Waals surface area contributed by atoms with Crippen molar-refractivity contribution in [1.82, 2.24) is 5.32 Å². The first kappa shape index (κ1) is 12.2. The van der Waals surface area contributed by atoms with Crippen molar-refractivity contribution >= 4 is 28.8 Å². The molecule has 0 aromatic heterocycles. The molecule has 0 spiro atoms. The predicted octanol–water partition coefficient (Wildman–Crippen LogP) is 2.48. The van der Waals surface area contributed by atoms with Gasteiger partial charge in [-0.15, -0.1) is 0 Å². The van der Waals surface area contributed by atoms with Crippen molar-refractivity contribution in [2.24, 2.45) is 0 Å². The van der Waals surface area contributed by atoms with E-state index in [-0.39, 0.29) is 4.77 Å². The Bertz CT molecular complexity index is 141. The molecule has 4 heteroatoms. The first-order valence-electron chi connectivity index (χ1n) is 4.54. The fourth-order valence-electron chi connectivity index (χ4n) is 0.982. The number of hydrogen-bond donors (Lipinski definition) is 1. The minimum absolute atomic E-state index is 0.0699. The third-order valence-electron chi connectivity index (χ3n) is 1.69. The Kier molecular flexibility index (Phi) is 9.48. The fraction of sp³-hybridized carbons (Fsp3) is 0.875. The van der Waals surface area contributed by atoms with Crippen LogP contribution in [0.4, 0.5) is 4.79 Å². The first-order chi connectivity index (χ1) is 5.81. The van der Waals surface area contributed by atoms with Crippen LogP contribution in [0.1, 0.15) is 39.0 Å². The summed E-state index contributed by atoms with van der Waals surface area (Å²) in [6.45, 7) is 3.01. The van der Waals surface area contributed by atoms with Crippen LogP contribution in [-0.2, 0) is 0 Å². The molecule has 1 amide bonds. The SMILES string of the molecule is CCCCCCCN[C](=O)[Al]=[S]. The Balaban J connectivity index is 3.00. The van der Waals surface area contributed by atoms with Crippen molar-refractivity contribution < 1.29 is 4.79 Å². The van der Waals surface area contributed by atoms with E-state index in [1.807, 2.05) is 0 Å². The molecular formula is C8H16AlNOS. The number of hydrogen-bond acceptors (Lipinski definition) is 2. The molecule has 0 bridgehead atoms. The van der Waals surface area contributed by atoms with Crippen molar-refractivity contribution in [2.75, 3.05) is 6.54 Å². The summed E-state index contributed by atoms with van der Waals surface area (Å²) >= 11 is -0.448. The van der Waals surface area contributed by atoms with Gasteiger partial charge in [0.15, 0.2) is 0 Å². The molecule has 68 valence electrons. The minimum atomic E-state index is -0.448. The quantitative estimate of drug-likeness (QED) is 0.506. The Morgan fingerprint density at radius 3 is 2.58 bits per heavy atom. The molecule has 0 aromatic rings. The van der Waals surface area contributed by atoms with Crippen LogP contribution in [0.2, 0.25) is 0 Å². The average Bonchev–Trinajstić information content (AvgIpc) is 2.10. The van der Waals surface area contributed by atoms with Gasteiger partial charge in [0.05, 0.1) is 0 Å². The van der Waals surface area contributed by atoms with Crippen LogP contribution < -0.4 is 5.32 Å².